The Bertz CT molecular complexity index is 511. The minimum atomic E-state index is -2.37. The number of fused-ring (bicyclic) bond motifs is 1. The van der Waals surface area contributed by atoms with E-state index >= 15 is 0 Å². The lowest BCUT2D eigenvalue weighted by atomic mass is 10.0. The van der Waals surface area contributed by atoms with E-state index in [9.17, 15) is 13.2 Å². The van der Waals surface area contributed by atoms with E-state index in [1.807, 2.05) is 0 Å². The molecule has 0 aliphatic heterocycles. The van der Waals surface area contributed by atoms with Crippen LogP contribution in [-0.4, -0.2) is 13.0 Å². The van der Waals surface area contributed by atoms with Crippen LogP contribution in [0, 0.1) is 5.82 Å². The summed E-state index contributed by atoms with van der Waals surface area (Å²) >= 11 is 0. The van der Waals surface area contributed by atoms with Gasteiger partial charge in [-0.25, -0.2) is 13.2 Å². The first kappa shape index (κ1) is 11.9. The predicted octanol–water partition coefficient (Wildman–Crippen LogP) is 3.33. The molecule has 1 nitrogen and oxygen atoms in total. The van der Waals surface area contributed by atoms with E-state index in [-0.39, 0.29) is 12.4 Å². The van der Waals surface area contributed by atoms with E-state index in [0.29, 0.717) is 11.9 Å². The average molecular weight is 239 g/mol. The van der Waals surface area contributed by atoms with Crippen LogP contribution in [0.2, 0.25) is 0 Å². The standard InChI is InChI=1S/C13H12F3N/c14-12-6-5-9(7-17-8-13(15)16)10-3-1-2-4-11(10)12/h1-6,13,17H,7-8H2. The molecule has 0 aromatic heterocycles. The number of nitrogens with one attached hydrogen (secondary N) is 1. The third kappa shape index (κ3) is 2.77. The lowest BCUT2D eigenvalue weighted by molar-refractivity contribution is 0.145. The highest BCUT2D eigenvalue weighted by atomic mass is 19.3. The van der Waals surface area contributed by atoms with Crippen LogP contribution < -0.4 is 5.32 Å². The summed E-state index contributed by atoms with van der Waals surface area (Å²) in [4.78, 5) is 0. The van der Waals surface area contributed by atoms with Gasteiger partial charge in [0, 0.05) is 11.9 Å². The van der Waals surface area contributed by atoms with Crippen LogP contribution in [0.15, 0.2) is 36.4 Å². The van der Waals surface area contributed by atoms with E-state index in [1.165, 1.54) is 6.07 Å². The van der Waals surface area contributed by atoms with Gasteiger partial charge in [-0.05, 0) is 17.0 Å². The highest BCUT2D eigenvalue weighted by Crippen LogP contribution is 2.21. The van der Waals surface area contributed by atoms with Gasteiger partial charge in [0.1, 0.15) is 5.82 Å². The molecular weight excluding hydrogens is 227 g/mol. The normalized spacial score (nSPS) is 11.3. The molecule has 0 saturated carbocycles. The molecule has 4 heteroatoms. The lowest BCUT2D eigenvalue weighted by Crippen LogP contribution is -2.20. The highest BCUT2D eigenvalue weighted by Gasteiger charge is 2.06. The van der Waals surface area contributed by atoms with Gasteiger partial charge in [0.15, 0.2) is 0 Å². The van der Waals surface area contributed by atoms with E-state index < -0.39 is 6.43 Å². The first-order valence-electron chi connectivity index (χ1n) is 5.33. The zero-order valence-corrected chi connectivity index (χ0v) is 9.09. The van der Waals surface area contributed by atoms with Gasteiger partial charge in [0.25, 0.3) is 6.43 Å². The van der Waals surface area contributed by atoms with Crippen LogP contribution in [0.25, 0.3) is 10.8 Å². The maximum absolute atomic E-state index is 13.5. The summed E-state index contributed by atoms with van der Waals surface area (Å²) < 4.78 is 37.5. The van der Waals surface area contributed by atoms with Gasteiger partial charge in [-0.1, -0.05) is 30.3 Å². The van der Waals surface area contributed by atoms with Crippen LogP contribution >= 0.6 is 0 Å². The van der Waals surface area contributed by atoms with Crippen molar-refractivity contribution >= 4 is 10.8 Å². The molecule has 0 aliphatic rings. The number of alkyl halides is 2. The second-order valence-corrected chi connectivity index (χ2v) is 3.77. The van der Waals surface area contributed by atoms with Crippen molar-refractivity contribution in [3.8, 4) is 0 Å². The molecule has 0 saturated heterocycles. The molecular formula is C13H12F3N. The highest BCUT2D eigenvalue weighted by molar-refractivity contribution is 5.86. The Balaban J connectivity index is 2.26. The molecule has 90 valence electrons. The van der Waals surface area contributed by atoms with Crippen molar-refractivity contribution in [1.29, 1.82) is 0 Å². The molecule has 2 aromatic carbocycles. The summed E-state index contributed by atoms with van der Waals surface area (Å²) in [5, 5.41) is 3.92. The summed E-state index contributed by atoms with van der Waals surface area (Å²) in [6, 6.07) is 10.0. The van der Waals surface area contributed by atoms with Crippen molar-refractivity contribution < 1.29 is 13.2 Å². The van der Waals surface area contributed by atoms with E-state index in [2.05, 4.69) is 5.32 Å². The Morgan fingerprint density at radius 2 is 1.71 bits per heavy atom. The zero-order chi connectivity index (χ0) is 12.3. The Morgan fingerprint density at radius 1 is 1.00 bits per heavy atom. The maximum Gasteiger partial charge on any atom is 0.250 e. The Morgan fingerprint density at radius 3 is 2.41 bits per heavy atom. The van der Waals surface area contributed by atoms with Gasteiger partial charge in [-0.15, -0.1) is 0 Å². The zero-order valence-electron chi connectivity index (χ0n) is 9.09. The Hall–Kier alpha value is -1.55. The Labute approximate surface area is 97.3 Å². The number of hydrogen-bond acceptors (Lipinski definition) is 1. The minimum Gasteiger partial charge on any atom is -0.307 e. The smallest absolute Gasteiger partial charge is 0.250 e. The molecule has 0 atom stereocenters. The van der Waals surface area contributed by atoms with Gasteiger partial charge >= 0.3 is 0 Å². The van der Waals surface area contributed by atoms with Crippen LogP contribution in [0.1, 0.15) is 5.56 Å². The summed E-state index contributed by atoms with van der Waals surface area (Å²) in [5.74, 6) is -0.293. The molecule has 0 radical (unpaired) electrons. The average Bonchev–Trinajstić information content (AvgIpc) is 2.32. The molecule has 0 heterocycles. The second kappa shape index (κ2) is 5.19. The molecule has 17 heavy (non-hydrogen) atoms. The summed E-state index contributed by atoms with van der Waals surface area (Å²) in [5.41, 5.74) is 0.822. The van der Waals surface area contributed by atoms with E-state index in [4.69, 9.17) is 0 Å². The molecule has 0 fully saturated rings. The fraction of sp³-hybridized carbons (Fsp3) is 0.231. The minimum absolute atomic E-state index is 0.293. The lowest BCUT2D eigenvalue weighted by Gasteiger charge is -2.08. The fourth-order valence-corrected chi connectivity index (χ4v) is 1.79. The third-order valence-corrected chi connectivity index (χ3v) is 2.58. The van der Waals surface area contributed by atoms with Crippen molar-refractivity contribution in [2.24, 2.45) is 0 Å². The van der Waals surface area contributed by atoms with Crippen molar-refractivity contribution in [3.05, 3.63) is 47.8 Å². The second-order valence-electron chi connectivity index (χ2n) is 3.77. The largest absolute Gasteiger partial charge is 0.307 e. The van der Waals surface area contributed by atoms with Gasteiger partial charge in [0.2, 0.25) is 0 Å². The number of halogens is 3. The number of rotatable bonds is 4. The van der Waals surface area contributed by atoms with Crippen LogP contribution in [0.3, 0.4) is 0 Å². The van der Waals surface area contributed by atoms with Gasteiger partial charge < -0.3 is 5.32 Å². The van der Waals surface area contributed by atoms with E-state index in [0.717, 1.165) is 10.9 Å². The fourth-order valence-electron chi connectivity index (χ4n) is 1.79. The first-order valence-corrected chi connectivity index (χ1v) is 5.33. The molecule has 0 bridgehead atoms. The molecule has 0 amide bonds. The maximum atomic E-state index is 13.5. The molecule has 2 aromatic rings. The molecule has 0 unspecified atom stereocenters. The van der Waals surface area contributed by atoms with Crippen LogP contribution in [0.4, 0.5) is 13.2 Å². The number of hydrogen-bond donors (Lipinski definition) is 1. The summed E-state index contributed by atoms with van der Waals surface area (Å²) in [6.07, 6.45) is -2.37. The predicted molar refractivity (Wildman–Crippen MR) is 61.6 cm³/mol. The quantitative estimate of drug-likeness (QED) is 0.862. The third-order valence-electron chi connectivity index (χ3n) is 2.58. The van der Waals surface area contributed by atoms with Crippen molar-refractivity contribution in [2.75, 3.05) is 6.54 Å². The molecule has 0 spiro atoms. The molecule has 0 aliphatic carbocycles. The van der Waals surface area contributed by atoms with E-state index in [1.54, 1.807) is 30.3 Å². The SMILES string of the molecule is Fc1ccc(CNCC(F)F)c2ccccc12. The Kier molecular flexibility index (Phi) is 3.64. The van der Waals surface area contributed by atoms with Gasteiger partial charge in [-0.2, -0.15) is 0 Å². The van der Waals surface area contributed by atoms with Gasteiger partial charge in [-0.3, -0.25) is 0 Å². The van der Waals surface area contributed by atoms with Crippen LogP contribution in [-0.2, 0) is 6.54 Å². The summed E-state index contributed by atoms with van der Waals surface area (Å²) in [7, 11) is 0. The topological polar surface area (TPSA) is 12.0 Å². The summed E-state index contributed by atoms with van der Waals surface area (Å²) in [6.45, 7) is -0.0448. The molecule has 1 N–H and O–H groups in total. The van der Waals surface area contributed by atoms with Crippen LogP contribution in [0.5, 0.6) is 0 Å². The monoisotopic (exact) mass is 239 g/mol. The first-order chi connectivity index (χ1) is 8.18. The number of benzene rings is 2. The molecule has 2 rings (SSSR count). The van der Waals surface area contributed by atoms with Gasteiger partial charge in [0.05, 0.1) is 6.54 Å². The van der Waals surface area contributed by atoms with Crippen molar-refractivity contribution in [2.45, 2.75) is 13.0 Å². The van der Waals surface area contributed by atoms with Crippen molar-refractivity contribution in [3.63, 3.8) is 0 Å². The van der Waals surface area contributed by atoms with Crippen molar-refractivity contribution in [1.82, 2.24) is 5.32 Å².